The number of rotatable bonds is 4. The highest BCUT2D eigenvalue weighted by atomic mass is 79.9. The molecule has 0 amide bonds. The number of halogens is 2. The lowest BCUT2D eigenvalue weighted by molar-refractivity contribution is 0.280. The fourth-order valence-corrected chi connectivity index (χ4v) is 3.16. The summed E-state index contributed by atoms with van der Waals surface area (Å²) in [6, 6.07) is 2.69. The van der Waals surface area contributed by atoms with Gasteiger partial charge in [-0.05, 0) is 69.5 Å². The van der Waals surface area contributed by atoms with Gasteiger partial charge in [0, 0.05) is 6.04 Å². The monoisotopic (exact) mass is 363 g/mol. The van der Waals surface area contributed by atoms with Crippen LogP contribution in [0.3, 0.4) is 0 Å². The molecule has 0 unspecified atom stereocenters. The number of hydrogen-bond donors (Lipinski definition) is 1. The highest BCUT2D eigenvalue weighted by molar-refractivity contribution is 9.13. The summed E-state index contributed by atoms with van der Waals surface area (Å²) >= 11 is 6.79. The van der Waals surface area contributed by atoms with E-state index < -0.39 is 0 Å². The van der Waals surface area contributed by atoms with Gasteiger partial charge >= 0.3 is 0 Å². The van der Waals surface area contributed by atoms with Gasteiger partial charge < -0.3 is 9.73 Å². The van der Waals surface area contributed by atoms with Crippen LogP contribution in [0.25, 0.3) is 0 Å². The molecule has 1 N–H and O–H groups in total. The Kier molecular flexibility index (Phi) is 5.12. The Balaban J connectivity index is 1.75. The maximum atomic E-state index is 5.55. The lowest BCUT2D eigenvalue weighted by atomic mass is 9.84. The topological polar surface area (TPSA) is 25.2 Å². The minimum Gasteiger partial charge on any atom is -0.452 e. The van der Waals surface area contributed by atoms with E-state index in [9.17, 15) is 0 Å². The molecule has 0 atom stereocenters. The van der Waals surface area contributed by atoms with Crippen LogP contribution in [-0.2, 0) is 6.54 Å². The molecule has 0 saturated heterocycles. The lowest BCUT2D eigenvalue weighted by Crippen LogP contribution is -2.32. The van der Waals surface area contributed by atoms with Gasteiger partial charge in [0.25, 0.3) is 0 Å². The summed E-state index contributed by atoms with van der Waals surface area (Å²) in [6.07, 6.45) is 6.70. The zero-order chi connectivity index (χ0) is 12.3. The molecular formula is C13H19Br2NO. The van der Waals surface area contributed by atoms with E-state index in [-0.39, 0.29) is 0 Å². The third-order valence-corrected chi connectivity index (χ3v) is 5.40. The van der Waals surface area contributed by atoms with Crippen LogP contribution in [0, 0.1) is 5.92 Å². The van der Waals surface area contributed by atoms with Gasteiger partial charge in [0.2, 0.25) is 0 Å². The van der Waals surface area contributed by atoms with Gasteiger partial charge in [0.15, 0.2) is 4.67 Å². The van der Waals surface area contributed by atoms with Crippen molar-refractivity contribution in [3.05, 3.63) is 21.0 Å². The predicted molar refractivity (Wildman–Crippen MR) is 77.0 cm³/mol. The van der Waals surface area contributed by atoms with E-state index in [1.807, 2.05) is 6.07 Å². The third kappa shape index (κ3) is 3.83. The summed E-state index contributed by atoms with van der Waals surface area (Å²) in [7, 11) is 0. The van der Waals surface area contributed by atoms with E-state index in [1.165, 1.54) is 32.1 Å². The molecular weight excluding hydrogens is 346 g/mol. The fourth-order valence-electron chi connectivity index (χ4n) is 2.50. The van der Waals surface area contributed by atoms with E-state index in [0.717, 1.165) is 27.4 Å². The molecule has 1 fully saturated rings. The Hall–Kier alpha value is 0.200. The molecule has 0 aliphatic heterocycles. The van der Waals surface area contributed by atoms with Crippen molar-refractivity contribution in [2.45, 2.75) is 51.6 Å². The average Bonchev–Trinajstić information content (AvgIpc) is 2.67. The molecule has 1 heterocycles. The standard InChI is InChI=1S/C13H19Br2NO/c1-2-9-3-5-10(6-4-9)16-8-11-7-12(14)13(15)17-11/h7,9-10,16H,2-6,8H2,1H3. The van der Waals surface area contributed by atoms with Crippen LogP contribution in [0.4, 0.5) is 0 Å². The quantitative estimate of drug-likeness (QED) is 0.824. The van der Waals surface area contributed by atoms with E-state index in [4.69, 9.17) is 4.42 Å². The molecule has 0 radical (unpaired) electrons. The van der Waals surface area contributed by atoms with E-state index in [2.05, 4.69) is 44.1 Å². The second kappa shape index (κ2) is 6.39. The summed E-state index contributed by atoms with van der Waals surface area (Å²) in [5.74, 6) is 1.95. The fraction of sp³-hybridized carbons (Fsp3) is 0.692. The molecule has 1 aliphatic rings. The highest BCUT2D eigenvalue weighted by Gasteiger charge is 2.19. The predicted octanol–water partition coefficient (Wildman–Crippen LogP) is 4.86. The van der Waals surface area contributed by atoms with Crippen molar-refractivity contribution in [3.63, 3.8) is 0 Å². The molecule has 1 saturated carbocycles. The average molecular weight is 365 g/mol. The van der Waals surface area contributed by atoms with Crippen molar-refractivity contribution in [1.29, 1.82) is 0 Å². The SMILES string of the molecule is CCC1CCC(NCc2cc(Br)c(Br)o2)CC1. The second-order valence-corrected chi connectivity index (χ2v) is 6.42. The molecule has 4 heteroatoms. The first-order chi connectivity index (χ1) is 8.19. The maximum Gasteiger partial charge on any atom is 0.183 e. The van der Waals surface area contributed by atoms with Crippen molar-refractivity contribution in [2.75, 3.05) is 0 Å². The first-order valence-electron chi connectivity index (χ1n) is 6.36. The number of nitrogens with one attached hydrogen (secondary N) is 1. The van der Waals surface area contributed by atoms with Gasteiger partial charge in [-0.15, -0.1) is 0 Å². The van der Waals surface area contributed by atoms with E-state index in [1.54, 1.807) is 0 Å². The van der Waals surface area contributed by atoms with Crippen LogP contribution < -0.4 is 5.32 Å². The van der Waals surface area contributed by atoms with Crippen LogP contribution in [0.5, 0.6) is 0 Å². The van der Waals surface area contributed by atoms with Crippen molar-refractivity contribution >= 4 is 31.9 Å². The Morgan fingerprint density at radius 3 is 2.53 bits per heavy atom. The molecule has 1 aromatic heterocycles. The Morgan fingerprint density at radius 1 is 1.29 bits per heavy atom. The van der Waals surface area contributed by atoms with Crippen molar-refractivity contribution in [1.82, 2.24) is 5.32 Å². The molecule has 17 heavy (non-hydrogen) atoms. The minimum atomic E-state index is 0.667. The smallest absolute Gasteiger partial charge is 0.183 e. The Labute approximate surface area is 120 Å². The zero-order valence-corrected chi connectivity index (χ0v) is 13.3. The zero-order valence-electron chi connectivity index (χ0n) is 10.1. The van der Waals surface area contributed by atoms with Crippen LogP contribution in [-0.4, -0.2) is 6.04 Å². The summed E-state index contributed by atoms with van der Waals surface area (Å²) in [4.78, 5) is 0. The highest BCUT2D eigenvalue weighted by Crippen LogP contribution is 2.28. The molecule has 0 aromatic carbocycles. The first-order valence-corrected chi connectivity index (χ1v) is 7.94. The van der Waals surface area contributed by atoms with Gasteiger partial charge in [-0.1, -0.05) is 13.3 Å². The van der Waals surface area contributed by atoms with Crippen LogP contribution in [0.15, 0.2) is 19.6 Å². The van der Waals surface area contributed by atoms with Gasteiger partial charge in [-0.25, -0.2) is 0 Å². The Bertz CT molecular complexity index is 337. The van der Waals surface area contributed by atoms with E-state index in [0.29, 0.717) is 6.04 Å². The second-order valence-electron chi connectivity index (χ2n) is 4.84. The molecule has 2 rings (SSSR count). The normalized spacial score (nSPS) is 25.1. The number of hydrogen-bond acceptors (Lipinski definition) is 2. The van der Waals surface area contributed by atoms with Gasteiger partial charge in [-0.3, -0.25) is 0 Å². The summed E-state index contributed by atoms with van der Waals surface area (Å²) in [5, 5.41) is 3.59. The summed E-state index contributed by atoms with van der Waals surface area (Å²) in [5.41, 5.74) is 0. The van der Waals surface area contributed by atoms with Crippen LogP contribution in [0.2, 0.25) is 0 Å². The maximum absolute atomic E-state index is 5.55. The molecule has 1 aromatic rings. The largest absolute Gasteiger partial charge is 0.452 e. The number of furan rings is 1. The van der Waals surface area contributed by atoms with Crippen molar-refractivity contribution in [3.8, 4) is 0 Å². The molecule has 96 valence electrons. The first kappa shape index (κ1) is 13.6. The molecule has 1 aliphatic carbocycles. The lowest BCUT2D eigenvalue weighted by Gasteiger charge is -2.28. The minimum absolute atomic E-state index is 0.667. The van der Waals surface area contributed by atoms with Gasteiger partial charge in [-0.2, -0.15) is 0 Å². The summed E-state index contributed by atoms with van der Waals surface area (Å²) in [6.45, 7) is 3.13. The molecule has 2 nitrogen and oxygen atoms in total. The van der Waals surface area contributed by atoms with Crippen molar-refractivity contribution < 1.29 is 4.42 Å². The van der Waals surface area contributed by atoms with Crippen molar-refractivity contribution in [2.24, 2.45) is 5.92 Å². The third-order valence-electron chi connectivity index (χ3n) is 3.69. The summed E-state index contributed by atoms with van der Waals surface area (Å²) < 4.78 is 7.33. The van der Waals surface area contributed by atoms with Crippen LogP contribution in [0.1, 0.15) is 44.8 Å². The van der Waals surface area contributed by atoms with Gasteiger partial charge in [0.1, 0.15) is 5.76 Å². The van der Waals surface area contributed by atoms with E-state index >= 15 is 0 Å². The Morgan fingerprint density at radius 2 is 2.00 bits per heavy atom. The van der Waals surface area contributed by atoms with Crippen LogP contribution >= 0.6 is 31.9 Å². The molecule has 0 spiro atoms. The van der Waals surface area contributed by atoms with Gasteiger partial charge in [0.05, 0.1) is 11.0 Å². The molecule has 0 bridgehead atoms.